The van der Waals surface area contributed by atoms with E-state index in [2.05, 4.69) is 0 Å². The molecular formula is C13H16N2O. The Morgan fingerprint density at radius 1 is 1.38 bits per heavy atom. The van der Waals surface area contributed by atoms with Gasteiger partial charge in [-0.05, 0) is 37.0 Å². The maximum atomic E-state index is 9.69. The van der Waals surface area contributed by atoms with Crippen LogP contribution in [0.3, 0.4) is 0 Å². The van der Waals surface area contributed by atoms with Crippen LogP contribution in [0, 0.1) is 18.3 Å². The number of phenolic OH excluding ortho intramolecular Hbond substituents is 1. The fraction of sp³-hybridized carbons (Fsp3) is 0.462. The van der Waals surface area contributed by atoms with Gasteiger partial charge in [-0.25, -0.2) is 0 Å². The van der Waals surface area contributed by atoms with Crippen molar-refractivity contribution in [1.82, 2.24) is 0 Å². The van der Waals surface area contributed by atoms with Gasteiger partial charge < -0.3 is 10.8 Å². The first-order valence-corrected chi connectivity index (χ1v) is 5.60. The Morgan fingerprint density at radius 3 is 2.56 bits per heavy atom. The second-order valence-corrected chi connectivity index (χ2v) is 4.66. The monoisotopic (exact) mass is 216 g/mol. The topological polar surface area (TPSA) is 70.0 Å². The second-order valence-electron chi connectivity index (χ2n) is 4.66. The molecule has 1 aliphatic rings. The number of hydrogen-bond acceptors (Lipinski definition) is 3. The molecule has 0 unspecified atom stereocenters. The lowest BCUT2D eigenvalue weighted by molar-refractivity contribution is 0.452. The molecule has 0 amide bonds. The van der Waals surface area contributed by atoms with Crippen molar-refractivity contribution in [2.45, 2.75) is 38.1 Å². The highest BCUT2D eigenvalue weighted by Gasteiger charge is 2.32. The van der Waals surface area contributed by atoms with E-state index in [4.69, 9.17) is 11.0 Å². The second kappa shape index (κ2) is 3.80. The molecule has 2 rings (SSSR count). The molecule has 1 aliphatic carbocycles. The SMILES string of the molecule is Cc1cc(C2(N)CCCC2)cc(C#N)c1O. The van der Waals surface area contributed by atoms with E-state index in [1.165, 1.54) is 0 Å². The molecule has 0 aromatic heterocycles. The van der Waals surface area contributed by atoms with Gasteiger partial charge in [-0.3, -0.25) is 0 Å². The summed E-state index contributed by atoms with van der Waals surface area (Å²) < 4.78 is 0. The number of nitrogens with two attached hydrogens (primary N) is 1. The molecule has 0 radical (unpaired) electrons. The lowest BCUT2D eigenvalue weighted by atomic mass is 9.87. The zero-order valence-electron chi connectivity index (χ0n) is 9.45. The number of aromatic hydroxyl groups is 1. The number of rotatable bonds is 1. The zero-order valence-corrected chi connectivity index (χ0v) is 9.45. The average molecular weight is 216 g/mol. The van der Waals surface area contributed by atoms with Crippen LogP contribution in [0.15, 0.2) is 12.1 Å². The lowest BCUT2D eigenvalue weighted by Gasteiger charge is -2.25. The van der Waals surface area contributed by atoms with E-state index >= 15 is 0 Å². The van der Waals surface area contributed by atoms with Crippen molar-refractivity contribution in [3.05, 3.63) is 28.8 Å². The molecule has 0 aliphatic heterocycles. The van der Waals surface area contributed by atoms with Crippen LogP contribution in [0.4, 0.5) is 0 Å². The van der Waals surface area contributed by atoms with Gasteiger partial charge in [-0.1, -0.05) is 18.9 Å². The Balaban J connectivity index is 2.51. The Hall–Kier alpha value is -1.53. The molecule has 3 heteroatoms. The van der Waals surface area contributed by atoms with Crippen molar-refractivity contribution < 1.29 is 5.11 Å². The summed E-state index contributed by atoms with van der Waals surface area (Å²) in [5, 5.41) is 18.6. The first kappa shape index (κ1) is 11.0. The van der Waals surface area contributed by atoms with Crippen LogP contribution in [0.25, 0.3) is 0 Å². The Kier molecular flexibility index (Phi) is 2.61. The third kappa shape index (κ3) is 1.66. The molecule has 0 bridgehead atoms. The van der Waals surface area contributed by atoms with Gasteiger partial charge in [0.15, 0.2) is 0 Å². The Labute approximate surface area is 95.5 Å². The normalized spacial score (nSPS) is 18.3. The smallest absolute Gasteiger partial charge is 0.136 e. The maximum Gasteiger partial charge on any atom is 0.136 e. The van der Waals surface area contributed by atoms with Crippen molar-refractivity contribution in [1.29, 1.82) is 5.26 Å². The van der Waals surface area contributed by atoms with Gasteiger partial charge in [0.25, 0.3) is 0 Å². The molecule has 84 valence electrons. The van der Waals surface area contributed by atoms with Crippen LogP contribution < -0.4 is 5.73 Å². The van der Waals surface area contributed by atoms with Gasteiger partial charge in [0.1, 0.15) is 11.8 Å². The molecule has 3 N–H and O–H groups in total. The minimum atomic E-state index is -0.302. The van der Waals surface area contributed by atoms with Crippen LogP contribution >= 0.6 is 0 Å². The minimum Gasteiger partial charge on any atom is -0.506 e. The molecule has 1 fully saturated rings. The van der Waals surface area contributed by atoms with Gasteiger partial charge >= 0.3 is 0 Å². The summed E-state index contributed by atoms with van der Waals surface area (Å²) in [5.41, 5.74) is 8.07. The molecule has 0 spiro atoms. The summed E-state index contributed by atoms with van der Waals surface area (Å²) in [6.45, 7) is 1.80. The summed E-state index contributed by atoms with van der Waals surface area (Å²) in [4.78, 5) is 0. The van der Waals surface area contributed by atoms with E-state index in [1.54, 1.807) is 13.0 Å². The van der Waals surface area contributed by atoms with Gasteiger partial charge in [0.05, 0.1) is 5.56 Å². The van der Waals surface area contributed by atoms with E-state index in [0.29, 0.717) is 5.56 Å². The maximum absolute atomic E-state index is 9.69. The number of hydrogen-bond donors (Lipinski definition) is 2. The van der Waals surface area contributed by atoms with Crippen molar-refractivity contribution in [2.75, 3.05) is 0 Å². The summed E-state index contributed by atoms with van der Waals surface area (Å²) in [6.07, 6.45) is 4.20. The standard InChI is InChI=1S/C13H16N2O/c1-9-6-11(7-10(8-14)12(9)16)13(15)4-2-3-5-13/h6-7,16H,2-5,15H2,1H3. The van der Waals surface area contributed by atoms with E-state index in [0.717, 1.165) is 36.8 Å². The molecular weight excluding hydrogens is 200 g/mol. The van der Waals surface area contributed by atoms with Crippen molar-refractivity contribution in [2.24, 2.45) is 5.73 Å². The van der Waals surface area contributed by atoms with Crippen LogP contribution in [0.2, 0.25) is 0 Å². The summed E-state index contributed by atoms with van der Waals surface area (Å²) in [5.74, 6) is 0.0767. The molecule has 0 heterocycles. The van der Waals surface area contributed by atoms with Crippen LogP contribution in [0.1, 0.15) is 42.4 Å². The van der Waals surface area contributed by atoms with Crippen molar-refractivity contribution >= 4 is 0 Å². The van der Waals surface area contributed by atoms with Crippen molar-refractivity contribution in [3.63, 3.8) is 0 Å². The number of aryl methyl sites for hydroxylation is 1. The van der Waals surface area contributed by atoms with E-state index < -0.39 is 0 Å². The summed E-state index contributed by atoms with van der Waals surface area (Å²) >= 11 is 0. The summed E-state index contributed by atoms with van der Waals surface area (Å²) in [7, 11) is 0. The van der Waals surface area contributed by atoms with Gasteiger partial charge in [0.2, 0.25) is 0 Å². The zero-order chi connectivity index (χ0) is 11.8. The number of nitrogens with zero attached hydrogens (tertiary/aromatic N) is 1. The molecule has 0 saturated heterocycles. The average Bonchev–Trinajstić information content (AvgIpc) is 2.70. The van der Waals surface area contributed by atoms with Crippen LogP contribution in [-0.2, 0) is 5.54 Å². The van der Waals surface area contributed by atoms with Crippen LogP contribution in [0.5, 0.6) is 5.75 Å². The first-order chi connectivity index (χ1) is 7.57. The third-order valence-electron chi connectivity index (χ3n) is 3.49. The predicted octanol–water partition coefficient (Wildman–Crippen LogP) is 2.30. The predicted molar refractivity (Wildman–Crippen MR) is 61.9 cm³/mol. The first-order valence-electron chi connectivity index (χ1n) is 5.60. The van der Waals surface area contributed by atoms with E-state index in [-0.39, 0.29) is 11.3 Å². The number of nitriles is 1. The highest BCUT2D eigenvalue weighted by Crippen LogP contribution is 2.38. The number of phenols is 1. The minimum absolute atomic E-state index is 0.0767. The highest BCUT2D eigenvalue weighted by atomic mass is 16.3. The highest BCUT2D eigenvalue weighted by molar-refractivity contribution is 5.51. The fourth-order valence-electron chi connectivity index (χ4n) is 2.45. The van der Waals surface area contributed by atoms with Crippen LogP contribution in [-0.4, -0.2) is 5.11 Å². The molecule has 1 aromatic carbocycles. The van der Waals surface area contributed by atoms with Gasteiger partial charge in [-0.15, -0.1) is 0 Å². The van der Waals surface area contributed by atoms with E-state index in [9.17, 15) is 5.11 Å². The lowest BCUT2D eigenvalue weighted by Crippen LogP contribution is -2.33. The van der Waals surface area contributed by atoms with E-state index in [1.807, 2.05) is 12.1 Å². The van der Waals surface area contributed by atoms with Crippen molar-refractivity contribution in [3.8, 4) is 11.8 Å². The molecule has 1 saturated carbocycles. The molecule has 0 atom stereocenters. The van der Waals surface area contributed by atoms with Gasteiger partial charge in [0, 0.05) is 5.54 Å². The Morgan fingerprint density at radius 2 is 2.00 bits per heavy atom. The molecule has 3 nitrogen and oxygen atoms in total. The largest absolute Gasteiger partial charge is 0.506 e. The molecule has 1 aromatic rings. The number of benzene rings is 1. The quantitative estimate of drug-likeness (QED) is 0.756. The van der Waals surface area contributed by atoms with Gasteiger partial charge in [-0.2, -0.15) is 5.26 Å². The Bertz CT molecular complexity index is 454. The fourth-order valence-corrected chi connectivity index (χ4v) is 2.45. The third-order valence-corrected chi connectivity index (χ3v) is 3.49. The molecule has 16 heavy (non-hydrogen) atoms. The summed E-state index contributed by atoms with van der Waals surface area (Å²) in [6, 6.07) is 5.65.